The topological polar surface area (TPSA) is 181 Å². The highest BCUT2D eigenvalue weighted by Crippen LogP contribution is 2.32. The molecule has 16 heteroatoms. The van der Waals surface area contributed by atoms with Gasteiger partial charge in [0.25, 0.3) is 11.8 Å². The number of ether oxygens (including phenoxy) is 3. The number of methoxy groups -OCH3 is 2. The van der Waals surface area contributed by atoms with E-state index in [9.17, 15) is 33.6 Å². The van der Waals surface area contributed by atoms with Crippen LogP contribution in [0.2, 0.25) is 0 Å². The van der Waals surface area contributed by atoms with E-state index in [2.05, 4.69) is 12.2 Å². The number of benzene rings is 2. The second-order valence-electron chi connectivity index (χ2n) is 20.0. The van der Waals surface area contributed by atoms with E-state index in [4.69, 9.17) is 19.0 Å². The Bertz CT molecular complexity index is 2020. The highest BCUT2D eigenvalue weighted by molar-refractivity contribution is 6.20. The molecule has 0 aliphatic carbocycles. The molecule has 2 aromatic carbocycles. The van der Waals surface area contributed by atoms with E-state index in [0.29, 0.717) is 25.8 Å². The first-order valence-corrected chi connectivity index (χ1v) is 25.1. The molecule has 0 saturated carbocycles. The van der Waals surface area contributed by atoms with E-state index in [1.165, 1.54) is 0 Å². The van der Waals surface area contributed by atoms with Crippen molar-refractivity contribution in [3.8, 4) is 0 Å². The number of hydrogen-bond donors (Lipinski definition) is 1. The molecule has 2 aromatic rings. The van der Waals surface area contributed by atoms with Gasteiger partial charge in [-0.05, 0) is 68.8 Å². The molecular formula is C54H81N5O11. The van der Waals surface area contributed by atoms with Gasteiger partial charge in [-0.25, -0.2) is 0 Å². The third kappa shape index (κ3) is 14.8. The van der Waals surface area contributed by atoms with Crippen LogP contribution < -0.4 is 5.32 Å². The van der Waals surface area contributed by atoms with Gasteiger partial charge in [0.15, 0.2) is 5.78 Å². The number of fused-ring (bicyclic) bond motifs is 1. The number of nitrogens with one attached hydrogen (secondary N) is 1. The summed E-state index contributed by atoms with van der Waals surface area (Å²) in [5, 5.41) is 3.63. The van der Waals surface area contributed by atoms with Crippen molar-refractivity contribution >= 4 is 41.1 Å². The van der Waals surface area contributed by atoms with Crippen LogP contribution in [0, 0.1) is 35.5 Å². The highest BCUT2D eigenvalue weighted by atomic mass is 16.7. The van der Waals surface area contributed by atoms with Gasteiger partial charge in [-0.1, -0.05) is 97.4 Å². The number of likely N-dealkylation sites (N-methyl/N-ethyl adjacent to an activating group) is 2. The summed E-state index contributed by atoms with van der Waals surface area (Å²) in [6.45, 7) is 14.6. The molecule has 0 aromatic heterocycles. The zero-order valence-corrected chi connectivity index (χ0v) is 43.8. The predicted molar refractivity (Wildman–Crippen MR) is 266 cm³/mol. The van der Waals surface area contributed by atoms with E-state index in [-0.39, 0.29) is 110 Å². The van der Waals surface area contributed by atoms with Crippen molar-refractivity contribution in [3.63, 3.8) is 0 Å². The third-order valence-corrected chi connectivity index (χ3v) is 14.3. The van der Waals surface area contributed by atoms with Crippen molar-refractivity contribution in [3.05, 3.63) is 71.3 Å². The molecule has 0 unspecified atom stereocenters. The lowest BCUT2D eigenvalue weighted by Crippen LogP contribution is -2.54. The van der Waals surface area contributed by atoms with E-state index in [0.717, 1.165) is 17.0 Å². The minimum atomic E-state index is -0.703. The number of likely N-dealkylation sites (tertiary alicyclic amines) is 1. The molecule has 2 aliphatic heterocycles. The maximum Gasteiger partial charge on any atom is 0.285 e. The average molecular weight is 976 g/mol. The Morgan fingerprint density at radius 2 is 1.40 bits per heavy atom. The lowest BCUT2D eigenvalue weighted by atomic mass is 9.83. The van der Waals surface area contributed by atoms with Gasteiger partial charge in [-0.15, -0.1) is 5.06 Å². The molecule has 4 rings (SSSR count). The second-order valence-corrected chi connectivity index (χ2v) is 20.0. The molecule has 1 saturated heterocycles. The fourth-order valence-electron chi connectivity index (χ4n) is 10.4. The molecule has 16 nitrogen and oxygen atoms in total. The van der Waals surface area contributed by atoms with Crippen LogP contribution in [-0.2, 0) is 49.4 Å². The van der Waals surface area contributed by atoms with Gasteiger partial charge in [0.1, 0.15) is 5.78 Å². The zero-order chi connectivity index (χ0) is 51.8. The smallest absolute Gasteiger partial charge is 0.285 e. The van der Waals surface area contributed by atoms with Crippen molar-refractivity contribution < 1.29 is 52.6 Å². The van der Waals surface area contributed by atoms with Crippen LogP contribution >= 0.6 is 0 Å². The molecule has 0 spiro atoms. The molecule has 2 aliphatic rings. The summed E-state index contributed by atoms with van der Waals surface area (Å²) in [5.41, 5.74) is 1.46. The van der Waals surface area contributed by atoms with Crippen molar-refractivity contribution in [1.82, 2.24) is 25.1 Å². The first-order chi connectivity index (χ1) is 33.3. The SMILES string of the molecule is CC[C@H](C)[C@@H]([C@@H](CC(=O)N1CCC[C@H]1[C@H](OC)[C@@H](C)C(=O)C[C@@H](Cc1ccccc1)C(=O)NCCOCCON1C(=O)c2ccccc2C1=O)OC)N(C)C(=O)[C@@H](CC(=O)[C@H](C(C)C)N(C)C)C(C)C. The number of ketones is 2. The first-order valence-electron chi connectivity index (χ1n) is 25.1. The third-order valence-electron chi connectivity index (χ3n) is 14.3. The summed E-state index contributed by atoms with van der Waals surface area (Å²) in [6.07, 6.45) is 1.15. The fraction of sp³-hybridized carbons (Fsp3) is 0.648. The average Bonchev–Trinajstić information content (AvgIpc) is 3.91. The van der Waals surface area contributed by atoms with E-state index in [1.54, 1.807) is 62.3 Å². The second kappa shape index (κ2) is 27.7. The maximum atomic E-state index is 14.5. The number of hydroxylamine groups is 2. The fourth-order valence-corrected chi connectivity index (χ4v) is 10.4. The Balaban J connectivity index is 1.39. The lowest BCUT2D eigenvalue weighted by Gasteiger charge is -2.41. The van der Waals surface area contributed by atoms with Gasteiger partial charge in [-0.2, -0.15) is 0 Å². The number of hydrogen-bond acceptors (Lipinski definition) is 12. The summed E-state index contributed by atoms with van der Waals surface area (Å²) >= 11 is 0. The van der Waals surface area contributed by atoms with Crippen LogP contribution in [0.25, 0.3) is 0 Å². The molecule has 2 heterocycles. The van der Waals surface area contributed by atoms with Crippen LogP contribution in [0.15, 0.2) is 54.6 Å². The van der Waals surface area contributed by atoms with Crippen LogP contribution in [0.3, 0.4) is 0 Å². The Labute approximate surface area is 416 Å². The number of carbonyl (C=O) groups is 7. The summed E-state index contributed by atoms with van der Waals surface area (Å²) in [5.74, 6) is -3.78. The number of Topliss-reactive ketones (excluding diaryl/α,β-unsaturated/α-hetero) is 2. The first kappa shape index (κ1) is 57.7. The summed E-state index contributed by atoms with van der Waals surface area (Å²) in [6, 6.07) is 14.8. The number of nitrogens with zero attached hydrogens (tertiary/aromatic N) is 4. The maximum absolute atomic E-state index is 14.5. The molecule has 9 atom stereocenters. The molecule has 1 fully saturated rings. The monoisotopic (exact) mass is 976 g/mol. The highest BCUT2D eigenvalue weighted by Gasteiger charge is 2.44. The molecule has 0 radical (unpaired) electrons. The number of amides is 5. The minimum absolute atomic E-state index is 0.00234. The largest absolute Gasteiger partial charge is 0.379 e. The quantitative estimate of drug-likeness (QED) is 0.0724. The van der Waals surface area contributed by atoms with Crippen molar-refractivity contribution in [2.45, 2.75) is 124 Å². The van der Waals surface area contributed by atoms with Crippen LogP contribution in [0.4, 0.5) is 0 Å². The summed E-state index contributed by atoms with van der Waals surface area (Å²) in [4.78, 5) is 107. The molecule has 1 N–H and O–H groups in total. The molecule has 0 bridgehead atoms. The predicted octanol–water partition coefficient (Wildman–Crippen LogP) is 5.90. The van der Waals surface area contributed by atoms with Crippen molar-refractivity contribution in [1.29, 1.82) is 0 Å². The van der Waals surface area contributed by atoms with Crippen LogP contribution in [0.5, 0.6) is 0 Å². The van der Waals surface area contributed by atoms with Gasteiger partial charge in [-0.3, -0.25) is 43.3 Å². The Morgan fingerprint density at radius 1 is 0.771 bits per heavy atom. The Hall–Kier alpha value is -4.87. The van der Waals surface area contributed by atoms with E-state index >= 15 is 0 Å². The summed E-state index contributed by atoms with van der Waals surface area (Å²) in [7, 11) is 8.64. The number of rotatable bonds is 30. The number of carbonyl (C=O) groups excluding carboxylic acids is 7. The van der Waals surface area contributed by atoms with Gasteiger partial charge >= 0.3 is 0 Å². The van der Waals surface area contributed by atoms with Crippen LogP contribution in [-0.4, -0.2) is 159 Å². The lowest BCUT2D eigenvalue weighted by molar-refractivity contribution is -0.149. The van der Waals surface area contributed by atoms with E-state index in [1.807, 2.05) is 83.9 Å². The van der Waals surface area contributed by atoms with Gasteiger partial charge < -0.3 is 29.3 Å². The Morgan fingerprint density at radius 3 is 1.96 bits per heavy atom. The summed E-state index contributed by atoms with van der Waals surface area (Å²) < 4.78 is 17.8. The van der Waals surface area contributed by atoms with Gasteiger partial charge in [0, 0.05) is 65.0 Å². The van der Waals surface area contributed by atoms with Gasteiger partial charge in [0.2, 0.25) is 17.7 Å². The molecular weight excluding hydrogens is 895 g/mol. The van der Waals surface area contributed by atoms with Crippen LogP contribution in [0.1, 0.15) is 113 Å². The Kier molecular flexibility index (Phi) is 22.8. The van der Waals surface area contributed by atoms with Crippen molar-refractivity contribution in [2.75, 3.05) is 68.3 Å². The van der Waals surface area contributed by atoms with Gasteiger partial charge in [0.05, 0.1) is 67.7 Å². The molecule has 5 amide bonds. The normalized spacial score (nSPS) is 18.4. The standard InChI is InChI=1S/C54H81N5O11/c1-13-36(6)49(57(10)52(64)42(34(2)3)32-45(61)48(35(4)5)56(8)9)46(67-11)33-47(62)58-26-19-24-43(58)50(68-12)37(7)44(60)31-39(30-38-20-15-14-16-21-38)51(63)55-25-27-69-28-29-70-59-53(65)40-22-17-18-23-41(40)54(59)66/h14-18,20-23,34-37,39,42-43,46,48-50H,13,19,24-33H2,1-12H3,(H,55,63)/t36-,37-,39+,42-,43-,46+,48-,49-,50+/m0/s1. The minimum Gasteiger partial charge on any atom is -0.379 e. The zero-order valence-electron chi connectivity index (χ0n) is 43.8. The molecule has 388 valence electrons. The van der Waals surface area contributed by atoms with Crippen molar-refractivity contribution in [2.24, 2.45) is 35.5 Å². The van der Waals surface area contributed by atoms with E-state index < -0.39 is 53.9 Å². The number of imide groups is 1. The molecule has 70 heavy (non-hydrogen) atoms.